The predicted octanol–water partition coefficient (Wildman–Crippen LogP) is 2.43. The van der Waals surface area contributed by atoms with Gasteiger partial charge in [-0.2, -0.15) is 0 Å². The average molecular weight is 260 g/mol. The number of oxazole rings is 1. The first-order chi connectivity index (χ1) is 6.59. The van der Waals surface area contributed by atoms with Crippen molar-refractivity contribution < 1.29 is 18.7 Å². The highest BCUT2D eigenvalue weighted by atomic mass is 79.9. The van der Waals surface area contributed by atoms with Crippen LogP contribution in [-0.4, -0.2) is 16.1 Å². The van der Waals surface area contributed by atoms with Gasteiger partial charge in [-0.05, 0) is 28.1 Å². The van der Waals surface area contributed by atoms with Gasteiger partial charge in [-0.15, -0.1) is 0 Å². The van der Waals surface area contributed by atoms with E-state index in [1.807, 2.05) is 0 Å². The van der Waals surface area contributed by atoms with Crippen molar-refractivity contribution in [3.05, 3.63) is 28.3 Å². The molecule has 1 heterocycles. The Hall–Kier alpha value is -1.43. The Kier molecular flexibility index (Phi) is 1.99. The number of aromatic carboxylic acids is 1. The number of aromatic nitrogens is 1. The van der Waals surface area contributed by atoms with Gasteiger partial charge < -0.3 is 9.52 Å². The Morgan fingerprint density at radius 3 is 2.86 bits per heavy atom. The minimum atomic E-state index is -1.33. The first-order valence-corrected chi connectivity index (χ1v) is 4.36. The third kappa shape index (κ3) is 1.27. The van der Waals surface area contributed by atoms with Crippen LogP contribution in [0.4, 0.5) is 4.39 Å². The van der Waals surface area contributed by atoms with Crippen molar-refractivity contribution in [3.63, 3.8) is 0 Å². The monoisotopic (exact) mass is 259 g/mol. The van der Waals surface area contributed by atoms with Gasteiger partial charge in [0.15, 0.2) is 11.4 Å². The van der Waals surface area contributed by atoms with Crippen LogP contribution < -0.4 is 0 Å². The van der Waals surface area contributed by atoms with Crippen LogP contribution in [0.3, 0.4) is 0 Å². The molecule has 0 unspecified atom stereocenters. The number of hydrogen-bond acceptors (Lipinski definition) is 3. The van der Waals surface area contributed by atoms with Crippen LogP contribution in [0.2, 0.25) is 0 Å². The zero-order valence-corrected chi connectivity index (χ0v) is 8.21. The van der Waals surface area contributed by atoms with Gasteiger partial charge in [-0.3, -0.25) is 0 Å². The molecule has 1 aromatic carbocycles. The van der Waals surface area contributed by atoms with Gasteiger partial charge in [0.1, 0.15) is 5.52 Å². The summed E-state index contributed by atoms with van der Waals surface area (Å²) in [5, 5.41) is 8.57. The molecule has 0 spiro atoms. The van der Waals surface area contributed by atoms with E-state index in [1.165, 1.54) is 12.1 Å². The molecule has 6 heteroatoms. The summed E-state index contributed by atoms with van der Waals surface area (Å²) in [6.07, 6.45) is 0. The predicted molar refractivity (Wildman–Crippen MR) is 48.6 cm³/mol. The van der Waals surface area contributed by atoms with E-state index < -0.39 is 17.7 Å². The van der Waals surface area contributed by atoms with Crippen LogP contribution in [0.1, 0.15) is 10.7 Å². The van der Waals surface area contributed by atoms with Gasteiger partial charge in [0.05, 0.1) is 4.47 Å². The fraction of sp³-hybridized carbons (Fsp3) is 0. The van der Waals surface area contributed by atoms with Gasteiger partial charge in [0.25, 0.3) is 0 Å². The number of carboxylic acid groups (broad SMARTS) is 1. The lowest BCUT2D eigenvalue weighted by molar-refractivity contribution is 0.0656. The molecular formula is C8H3BrFNO3. The molecule has 0 fully saturated rings. The molecule has 14 heavy (non-hydrogen) atoms. The molecule has 0 aliphatic rings. The second kappa shape index (κ2) is 3.06. The largest absolute Gasteiger partial charge is 0.474 e. The highest BCUT2D eigenvalue weighted by molar-refractivity contribution is 9.10. The number of halogens is 2. The van der Waals surface area contributed by atoms with Crippen molar-refractivity contribution in [3.8, 4) is 0 Å². The summed E-state index contributed by atoms with van der Waals surface area (Å²) in [4.78, 5) is 14.0. The molecule has 0 radical (unpaired) electrons. The summed E-state index contributed by atoms with van der Waals surface area (Å²) in [5.41, 5.74) is 0.0131. The quantitative estimate of drug-likeness (QED) is 0.855. The number of fused-ring (bicyclic) bond motifs is 1. The van der Waals surface area contributed by atoms with E-state index in [0.717, 1.165) is 0 Å². The van der Waals surface area contributed by atoms with E-state index in [-0.39, 0.29) is 11.1 Å². The van der Waals surface area contributed by atoms with Gasteiger partial charge in [0, 0.05) is 0 Å². The third-order valence-corrected chi connectivity index (χ3v) is 2.25. The van der Waals surface area contributed by atoms with Crippen LogP contribution in [-0.2, 0) is 0 Å². The van der Waals surface area contributed by atoms with Crippen molar-refractivity contribution in [1.82, 2.24) is 4.98 Å². The Labute approximate surface area is 85.5 Å². The maximum atomic E-state index is 13.1. The minimum Gasteiger partial charge on any atom is -0.474 e. The normalized spacial score (nSPS) is 10.7. The topological polar surface area (TPSA) is 63.3 Å². The first kappa shape index (κ1) is 9.14. The number of carbonyl (C=O) groups is 1. The van der Waals surface area contributed by atoms with Crippen LogP contribution >= 0.6 is 15.9 Å². The van der Waals surface area contributed by atoms with Crippen LogP contribution in [0.5, 0.6) is 0 Å². The summed E-state index contributed by atoms with van der Waals surface area (Å²) in [6.45, 7) is 0. The summed E-state index contributed by atoms with van der Waals surface area (Å²) >= 11 is 3.10. The highest BCUT2D eigenvalue weighted by Crippen LogP contribution is 2.26. The lowest BCUT2D eigenvalue weighted by Crippen LogP contribution is -1.95. The molecule has 0 bridgehead atoms. The minimum absolute atomic E-state index is 0.0863. The zero-order chi connectivity index (χ0) is 10.3. The van der Waals surface area contributed by atoms with Crippen molar-refractivity contribution in [2.24, 2.45) is 0 Å². The molecule has 0 saturated heterocycles. The molecule has 1 aromatic heterocycles. The SMILES string of the molecule is O=C(O)c1nc2c(F)ccc(Br)c2o1. The fourth-order valence-electron chi connectivity index (χ4n) is 1.04. The van der Waals surface area contributed by atoms with Crippen molar-refractivity contribution in [2.45, 2.75) is 0 Å². The molecule has 0 saturated carbocycles. The second-order valence-corrected chi connectivity index (χ2v) is 3.39. The number of hydrogen-bond donors (Lipinski definition) is 1. The molecule has 0 aliphatic heterocycles. The van der Waals surface area contributed by atoms with Crippen molar-refractivity contribution in [1.29, 1.82) is 0 Å². The lowest BCUT2D eigenvalue weighted by atomic mass is 10.3. The van der Waals surface area contributed by atoms with Crippen molar-refractivity contribution in [2.75, 3.05) is 0 Å². The molecule has 2 rings (SSSR count). The molecule has 0 atom stereocenters. The number of nitrogens with zero attached hydrogens (tertiary/aromatic N) is 1. The Balaban J connectivity index is 2.82. The molecule has 2 aromatic rings. The Morgan fingerprint density at radius 1 is 1.57 bits per heavy atom. The maximum Gasteiger partial charge on any atom is 0.392 e. The van der Waals surface area contributed by atoms with Gasteiger partial charge in [-0.25, -0.2) is 14.2 Å². The lowest BCUT2D eigenvalue weighted by Gasteiger charge is -1.90. The van der Waals surface area contributed by atoms with E-state index in [0.29, 0.717) is 4.47 Å². The van der Waals surface area contributed by atoms with Crippen LogP contribution in [0.15, 0.2) is 21.0 Å². The van der Waals surface area contributed by atoms with E-state index in [1.54, 1.807) is 0 Å². The summed E-state index contributed by atoms with van der Waals surface area (Å²) < 4.78 is 18.4. The third-order valence-electron chi connectivity index (χ3n) is 1.63. The number of rotatable bonds is 1. The van der Waals surface area contributed by atoms with Gasteiger partial charge >= 0.3 is 11.9 Å². The standard InChI is InChI=1S/C8H3BrFNO3/c9-3-1-2-4(10)5-6(3)14-7(11-5)8(12)13/h1-2H,(H,12,13). The fourth-order valence-corrected chi connectivity index (χ4v) is 1.44. The average Bonchev–Trinajstić information content (AvgIpc) is 2.57. The Bertz CT molecular complexity index is 484. The molecule has 72 valence electrons. The first-order valence-electron chi connectivity index (χ1n) is 3.57. The molecule has 1 N–H and O–H groups in total. The summed E-state index contributed by atoms with van der Waals surface area (Å²) in [7, 11) is 0. The van der Waals surface area contributed by atoms with E-state index >= 15 is 0 Å². The van der Waals surface area contributed by atoms with Crippen LogP contribution in [0, 0.1) is 5.82 Å². The number of carboxylic acids is 1. The highest BCUT2D eigenvalue weighted by Gasteiger charge is 2.17. The smallest absolute Gasteiger partial charge is 0.392 e. The van der Waals surface area contributed by atoms with E-state index in [2.05, 4.69) is 20.9 Å². The molecular weight excluding hydrogens is 257 g/mol. The summed E-state index contributed by atoms with van der Waals surface area (Å²) in [5.74, 6) is -2.46. The molecule has 0 aliphatic carbocycles. The van der Waals surface area contributed by atoms with Crippen molar-refractivity contribution >= 4 is 33.0 Å². The van der Waals surface area contributed by atoms with Crippen LogP contribution in [0.25, 0.3) is 11.1 Å². The Morgan fingerprint density at radius 2 is 2.29 bits per heavy atom. The van der Waals surface area contributed by atoms with Gasteiger partial charge in [0.2, 0.25) is 0 Å². The van der Waals surface area contributed by atoms with E-state index in [4.69, 9.17) is 9.52 Å². The molecule has 4 nitrogen and oxygen atoms in total. The maximum absolute atomic E-state index is 13.1. The summed E-state index contributed by atoms with van der Waals surface area (Å²) in [6, 6.07) is 2.61. The zero-order valence-electron chi connectivity index (χ0n) is 6.62. The van der Waals surface area contributed by atoms with E-state index in [9.17, 15) is 9.18 Å². The molecule has 0 amide bonds. The number of benzene rings is 1. The van der Waals surface area contributed by atoms with Gasteiger partial charge in [-0.1, -0.05) is 0 Å². The second-order valence-electron chi connectivity index (χ2n) is 2.53.